The Balaban J connectivity index is 1.72. The van der Waals surface area contributed by atoms with Crippen LogP contribution in [0.2, 0.25) is 0 Å². The molecule has 3 aromatic rings. The molecule has 4 heteroatoms. The number of fused-ring (bicyclic) bond motifs is 1. The van der Waals surface area contributed by atoms with Crippen molar-refractivity contribution in [1.82, 2.24) is 14.3 Å². The maximum absolute atomic E-state index is 13.1. The normalized spacial score (nSPS) is 11.3. The monoisotopic (exact) mass is 269 g/mol. The van der Waals surface area contributed by atoms with Crippen LogP contribution in [0.5, 0.6) is 0 Å². The van der Waals surface area contributed by atoms with Gasteiger partial charge in [0.15, 0.2) is 0 Å². The zero-order valence-electron chi connectivity index (χ0n) is 11.3. The Labute approximate surface area is 117 Å². The standard InChI is InChI=1S/C16H16FN3/c1-19(9-13-5-3-2-4-6-13)11-15-12-20-10-14(17)7-8-16(20)18-15/h2-8,10,12H,9,11H2,1H3. The van der Waals surface area contributed by atoms with E-state index in [1.54, 1.807) is 10.5 Å². The maximum Gasteiger partial charge on any atom is 0.139 e. The summed E-state index contributed by atoms with van der Waals surface area (Å²) in [6.45, 7) is 1.60. The summed E-state index contributed by atoms with van der Waals surface area (Å²) in [6, 6.07) is 13.4. The highest BCUT2D eigenvalue weighted by Crippen LogP contribution is 2.10. The average molecular weight is 269 g/mol. The van der Waals surface area contributed by atoms with Crippen molar-refractivity contribution in [2.45, 2.75) is 13.1 Å². The number of hydrogen-bond acceptors (Lipinski definition) is 2. The fourth-order valence-electron chi connectivity index (χ4n) is 2.32. The van der Waals surface area contributed by atoms with E-state index in [1.807, 2.05) is 24.4 Å². The molecule has 0 aliphatic heterocycles. The molecule has 3 nitrogen and oxygen atoms in total. The van der Waals surface area contributed by atoms with E-state index in [-0.39, 0.29) is 5.82 Å². The molecule has 0 saturated carbocycles. The van der Waals surface area contributed by atoms with Gasteiger partial charge in [-0.05, 0) is 24.7 Å². The van der Waals surface area contributed by atoms with E-state index in [2.05, 4.69) is 29.1 Å². The maximum atomic E-state index is 13.1. The van der Waals surface area contributed by atoms with Crippen LogP contribution in [0.15, 0.2) is 54.9 Å². The lowest BCUT2D eigenvalue weighted by atomic mass is 10.2. The highest BCUT2D eigenvalue weighted by Gasteiger charge is 2.06. The van der Waals surface area contributed by atoms with Crippen molar-refractivity contribution in [1.29, 1.82) is 0 Å². The molecule has 0 aliphatic carbocycles. The van der Waals surface area contributed by atoms with Crippen molar-refractivity contribution in [3.63, 3.8) is 0 Å². The van der Waals surface area contributed by atoms with Gasteiger partial charge in [0.25, 0.3) is 0 Å². The average Bonchev–Trinajstić information content (AvgIpc) is 2.80. The molecule has 0 N–H and O–H groups in total. The number of aromatic nitrogens is 2. The van der Waals surface area contributed by atoms with Gasteiger partial charge in [-0.2, -0.15) is 0 Å². The fourth-order valence-corrected chi connectivity index (χ4v) is 2.32. The molecule has 2 heterocycles. The lowest BCUT2D eigenvalue weighted by Crippen LogP contribution is -2.17. The molecule has 0 atom stereocenters. The second kappa shape index (κ2) is 5.43. The second-order valence-corrected chi connectivity index (χ2v) is 5.00. The molecule has 20 heavy (non-hydrogen) atoms. The Hall–Kier alpha value is -2.20. The Morgan fingerprint density at radius 1 is 1.05 bits per heavy atom. The number of halogens is 1. The number of pyridine rings is 1. The van der Waals surface area contributed by atoms with E-state index in [4.69, 9.17) is 0 Å². The molecule has 0 saturated heterocycles. The summed E-state index contributed by atoms with van der Waals surface area (Å²) < 4.78 is 14.9. The SMILES string of the molecule is CN(Cc1ccccc1)Cc1cn2cc(F)ccc2n1. The largest absolute Gasteiger partial charge is 0.304 e. The van der Waals surface area contributed by atoms with Crippen LogP contribution in [0.1, 0.15) is 11.3 Å². The van der Waals surface area contributed by atoms with E-state index in [0.717, 1.165) is 24.4 Å². The van der Waals surface area contributed by atoms with E-state index >= 15 is 0 Å². The molecule has 0 unspecified atom stereocenters. The molecule has 0 fully saturated rings. The minimum Gasteiger partial charge on any atom is -0.304 e. The minimum atomic E-state index is -0.251. The van der Waals surface area contributed by atoms with Gasteiger partial charge in [-0.15, -0.1) is 0 Å². The summed E-state index contributed by atoms with van der Waals surface area (Å²) in [5, 5.41) is 0. The summed E-state index contributed by atoms with van der Waals surface area (Å²) in [6.07, 6.45) is 3.32. The topological polar surface area (TPSA) is 20.5 Å². The van der Waals surface area contributed by atoms with Crippen molar-refractivity contribution in [3.05, 3.63) is 71.9 Å². The van der Waals surface area contributed by atoms with Crippen LogP contribution in [-0.4, -0.2) is 21.3 Å². The molecule has 0 amide bonds. The highest BCUT2D eigenvalue weighted by atomic mass is 19.1. The zero-order chi connectivity index (χ0) is 13.9. The summed E-state index contributed by atoms with van der Waals surface area (Å²) in [5.74, 6) is -0.251. The van der Waals surface area contributed by atoms with Crippen molar-refractivity contribution in [2.75, 3.05) is 7.05 Å². The number of benzene rings is 1. The predicted molar refractivity (Wildman–Crippen MR) is 76.8 cm³/mol. The van der Waals surface area contributed by atoms with E-state index in [9.17, 15) is 4.39 Å². The van der Waals surface area contributed by atoms with Gasteiger partial charge in [0.05, 0.1) is 5.69 Å². The van der Waals surface area contributed by atoms with Crippen LogP contribution in [0.4, 0.5) is 4.39 Å². The molecule has 3 rings (SSSR count). The molecule has 102 valence electrons. The van der Waals surface area contributed by atoms with E-state index in [1.165, 1.54) is 17.8 Å². The van der Waals surface area contributed by atoms with Gasteiger partial charge >= 0.3 is 0 Å². The number of imidazole rings is 1. The Kier molecular flexibility index (Phi) is 3.48. The molecular formula is C16H16FN3. The Bertz CT molecular complexity index is 706. The van der Waals surface area contributed by atoms with Crippen LogP contribution < -0.4 is 0 Å². The smallest absolute Gasteiger partial charge is 0.139 e. The van der Waals surface area contributed by atoms with Crippen molar-refractivity contribution < 1.29 is 4.39 Å². The molecule has 0 aliphatic rings. The van der Waals surface area contributed by atoms with Crippen molar-refractivity contribution >= 4 is 5.65 Å². The van der Waals surface area contributed by atoms with Gasteiger partial charge in [0.2, 0.25) is 0 Å². The minimum absolute atomic E-state index is 0.251. The van der Waals surface area contributed by atoms with Crippen LogP contribution >= 0.6 is 0 Å². The van der Waals surface area contributed by atoms with Crippen LogP contribution in [0.25, 0.3) is 5.65 Å². The first-order valence-electron chi connectivity index (χ1n) is 6.56. The second-order valence-electron chi connectivity index (χ2n) is 5.00. The molecule has 1 aromatic carbocycles. The molecule has 2 aromatic heterocycles. The van der Waals surface area contributed by atoms with Gasteiger partial charge in [0.1, 0.15) is 11.5 Å². The van der Waals surface area contributed by atoms with Gasteiger partial charge < -0.3 is 4.40 Å². The lowest BCUT2D eigenvalue weighted by Gasteiger charge is -2.14. The number of hydrogen-bond donors (Lipinski definition) is 0. The van der Waals surface area contributed by atoms with Crippen LogP contribution in [-0.2, 0) is 13.1 Å². The Morgan fingerprint density at radius 2 is 1.85 bits per heavy atom. The third-order valence-electron chi connectivity index (χ3n) is 3.19. The third kappa shape index (κ3) is 2.86. The number of rotatable bonds is 4. The summed E-state index contributed by atoms with van der Waals surface area (Å²) in [7, 11) is 2.05. The highest BCUT2D eigenvalue weighted by molar-refractivity contribution is 5.39. The molecule has 0 spiro atoms. The van der Waals surface area contributed by atoms with Gasteiger partial charge in [-0.3, -0.25) is 4.90 Å². The number of nitrogens with zero attached hydrogens (tertiary/aromatic N) is 3. The Morgan fingerprint density at radius 3 is 2.65 bits per heavy atom. The predicted octanol–water partition coefficient (Wildman–Crippen LogP) is 3.11. The summed E-state index contributed by atoms with van der Waals surface area (Å²) in [5.41, 5.74) is 2.98. The molecule has 0 bridgehead atoms. The third-order valence-corrected chi connectivity index (χ3v) is 3.19. The van der Waals surface area contributed by atoms with Crippen molar-refractivity contribution in [2.24, 2.45) is 0 Å². The first-order chi connectivity index (χ1) is 9.70. The fraction of sp³-hybridized carbons (Fsp3) is 0.188. The van der Waals surface area contributed by atoms with Crippen LogP contribution in [0, 0.1) is 5.82 Å². The first kappa shape index (κ1) is 12.8. The zero-order valence-corrected chi connectivity index (χ0v) is 11.3. The first-order valence-corrected chi connectivity index (χ1v) is 6.56. The summed E-state index contributed by atoms with van der Waals surface area (Å²) in [4.78, 5) is 6.68. The quantitative estimate of drug-likeness (QED) is 0.725. The van der Waals surface area contributed by atoms with Crippen LogP contribution in [0.3, 0.4) is 0 Å². The molecular weight excluding hydrogens is 253 g/mol. The lowest BCUT2D eigenvalue weighted by molar-refractivity contribution is 0.316. The van der Waals surface area contributed by atoms with Gasteiger partial charge in [0, 0.05) is 25.5 Å². The van der Waals surface area contributed by atoms with E-state index < -0.39 is 0 Å². The van der Waals surface area contributed by atoms with Crippen molar-refractivity contribution in [3.8, 4) is 0 Å². The van der Waals surface area contributed by atoms with Gasteiger partial charge in [-0.1, -0.05) is 30.3 Å². The molecule has 0 radical (unpaired) electrons. The van der Waals surface area contributed by atoms with Gasteiger partial charge in [-0.25, -0.2) is 9.37 Å². The van der Waals surface area contributed by atoms with E-state index in [0.29, 0.717) is 0 Å². The summed E-state index contributed by atoms with van der Waals surface area (Å²) >= 11 is 0.